The maximum absolute atomic E-state index is 12.5. The number of anilines is 1. The first kappa shape index (κ1) is 14.1. The number of aryl methyl sites for hydroxylation is 2. The molecule has 1 aromatic carbocycles. The highest BCUT2D eigenvalue weighted by Gasteiger charge is 2.36. The van der Waals surface area contributed by atoms with Crippen molar-refractivity contribution in [2.75, 3.05) is 11.9 Å². The number of hydrogen-bond donors (Lipinski definition) is 2. The van der Waals surface area contributed by atoms with Gasteiger partial charge >= 0.3 is 0 Å². The lowest BCUT2D eigenvalue weighted by Crippen LogP contribution is -2.48. The van der Waals surface area contributed by atoms with Crippen LogP contribution in [-0.4, -0.2) is 18.0 Å². The Kier molecular flexibility index (Phi) is 4.25. The fraction of sp³-hybridized carbons (Fsp3) is 0.562. The lowest BCUT2D eigenvalue weighted by Gasteiger charge is -2.25. The number of hydrogen-bond acceptors (Lipinski definition) is 2. The van der Waals surface area contributed by atoms with Crippen LogP contribution in [0.5, 0.6) is 0 Å². The van der Waals surface area contributed by atoms with E-state index in [1.807, 2.05) is 6.92 Å². The van der Waals surface area contributed by atoms with Gasteiger partial charge in [0.1, 0.15) is 0 Å². The molecule has 1 aliphatic rings. The van der Waals surface area contributed by atoms with Gasteiger partial charge in [0, 0.05) is 5.69 Å². The molecule has 1 saturated heterocycles. The molecular formula is C16H24N2O. The second kappa shape index (κ2) is 5.74. The van der Waals surface area contributed by atoms with Gasteiger partial charge in [-0.15, -0.1) is 0 Å². The normalized spacial score (nSPS) is 22.5. The molecular weight excluding hydrogens is 236 g/mol. The van der Waals surface area contributed by atoms with Crippen LogP contribution < -0.4 is 10.6 Å². The van der Waals surface area contributed by atoms with Crippen LogP contribution in [0.2, 0.25) is 0 Å². The molecule has 1 unspecified atom stereocenters. The summed E-state index contributed by atoms with van der Waals surface area (Å²) in [6.07, 6.45) is 3.86. The first-order chi connectivity index (χ1) is 9.10. The molecule has 0 aromatic heterocycles. The molecule has 1 atom stereocenters. The minimum absolute atomic E-state index is 0.0978. The molecule has 1 amide bonds. The molecule has 1 aliphatic heterocycles. The topological polar surface area (TPSA) is 41.1 Å². The fourth-order valence-electron chi connectivity index (χ4n) is 2.74. The zero-order valence-electron chi connectivity index (χ0n) is 12.2. The molecule has 0 spiro atoms. The third-order valence-corrected chi connectivity index (χ3v) is 4.11. The highest BCUT2D eigenvalue weighted by atomic mass is 16.2. The number of amides is 1. The maximum Gasteiger partial charge on any atom is 0.244 e. The predicted molar refractivity (Wildman–Crippen MR) is 79.5 cm³/mol. The van der Waals surface area contributed by atoms with Crippen molar-refractivity contribution < 1.29 is 4.79 Å². The van der Waals surface area contributed by atoms with Crippen LogP contribution in [0.3, 0.4) is 0 Å². The van der Waals surface area contributed by atoms with Crippen molar-refractivity contribution in [2.45, 2.75) is 52.0 Å². The van der Waals surface area contributed by atoms with E-state index in [9.17, 15) is 4.79 Å². The second-order valence-corrected chi connectivity index (χ2v) is 5.47. The average Bonchev–Trinajstić information content (AvgIpc) is 2.87. The van der Waals surface area contributed by atoms with Gasteiger partial charge in [0.2, 0.25) is 5.91 Å². The van der Waals surface area contributed by atoms with Gasteiger partial charge in [-0.3, -0.25) is 4.79 Å². The summed E-state index contributed by atoms with van der Waals surface area (Å²) in [5.41, 5.74) is 3.04. The Morgan fingerprint density at radius 2 is 1.95 bits per heavy atom. The van der Waals surface area contributed by atoms with Crippen molar-refractivity contribution in [3.05, 3.63) is 29.3 Å². The zero-order chi connectivity index (χ0) is 13.9. The first-order valence-corrected chi connectivity index (χ1v) is 7.28. The Morgan fingerprint density at radius 3 is 2.42 bits per heavy atom. The standard InChI is InChI=1S/C16H24N2O/c1-4-12-8-6-9-13(5-2)14(12)18-15(19)16(3)10-7-11-17-16/h6,8-9,17H,4-5,7,10-11H2,1-3H3,(H,18,19). The third-order valence-electron chi connectivity index (χ3n) is 4.11. The van der Waals surface area contributed by atoms with E-state index in [1.165, 1.54) is 11.1 Å². The van der Waals surface area contributed by atoms with Crippen molar-refractivity contribution in [1.29, 1.82) is 0 Å². The van der Waals surface area contributed by atoms with Crippen LogP contribution >= 0.6 is 0 Å². The lowest BCUT2D eigenvalue weighted by atomic mass is 9.97. The fourth-order valence-corrected chi connectivity index (χ4v) is 2.74. The van der Waals surface area contributed by atoms with Crippen molar-refractivity contribution in [3.63, 3.8) is 0 Å². The molecule has 0 aliphatic carbocycles. The number of carbonyl (C=O) groups is 1. The Balaban J connectivity index is 2.25. The van der Waals surface area contributed by atoms with Crippen LogP contribution in [0.1, 0.15) is 44.7 Å². The van der Waals surface area contributed by atoms with Crippen molar-refractivity contribution in [3.8, 4) is 0 Å². The SMILES string of the molecule is CCc1cccc(CC)c1NC(=O)C1(C)CCCN1. The maximum atomic E-state index is 12.5. The summed E-state index contributed by atoms with van der Waals surface area (Å²) in [6, 6.07) is 6.27. The van der Waals surface area contributed by atoms with Crippen molar-refractivity contribution in [2.24, 2.45) is 0 Å². The summed E-state index contributed by atoms with van der Waals surface area (Å²) >= 11 is 0. The van der Waals surface area contributed by atoms with Crippen LogP contribution in [-0.2, 0) is 17.6 Å². The zero-order valence-corrected chi connectivity index (χ0v) is 12.2. The Morgan fingerprint density at radius 1 is 1.32 bits per heavy atom. The molecule has 104 valence electrons. The van der Waals surface area contributed by atoms with Gasteiger partial charge in [-0.2, -0.15) is 0 Å². The Hall–Kier alpha value is -1.35. The van der Waals surface area contributed by atoms with Gasteiger partial charge in [0.15, 0.2) is 0 Å². The van der Waals surface area contributed by atoms with E-state index in [-0.39, 0.29) is 5.91 Å². The molecule has 1 fully saturated rings. The molecule has 0 saturated carbocycles. The molecule has 2 rings (SSSR count). The number of para-hydroxylation sites is 1. The van der Waals surface area contributed by atoms with E-state index in [0.29, 0.717) is 0 Å². The van der Waals surface area contributed by atoms with Crippen LogP contribution in [0.4, 0.5) is 5.69 Å². The quantitative estimate of drug-likeness (QED) is 0.874. The van der Waals surface area contributed by atoms with E-state index in [2.05, 4.69) is 42.7 Å². The summed E-state index contributed by atoms with van der Waals surface area (Å²) in [5.74, 6) is 0.0978. The highest BCUT2D eigenvalue weighted by Crippen LogP contribution is 2.26. The van der Waals surface area contributed by atoms with E-state index >= 15 is 0 Å². The van der Waals surface area contributed by atoms with E-state index in [1.54, 1.807) is 0 Å². The van der Waals surface area contributed by atoms with E-state index in [4.69, 9.17) is 0 Å². The van der Waals surface area contributed by atoms with Crippen molar-refractivity contribution >= 4 is 11.6 Å². The van der Waals surface area contributed by atoms with Gasteiger partial charge in [-0.25, -0.2) is 0 Å². The molecule has 3 heteroatoms. The smallest absolute Gasteiger partial charge is 0.244 e. The number of nitrogens with one attached hydrogen (secondary N) is 2. The largest absolute Gasteiger partial charge is 0.324 e. The Labute approximate surface area is 115 Å². The van der Waals surface area contributed by atoms with Gasteiger partial charge < -0.3 is 10.6 Å². The van der Waals surface area contributed by atoms with Gasteiger partial charge in [-0.05, 0) is 50.3 Å². The minimum atomic E-state index is -0.411. The van der Waals surface area contributed by atoms with Crippen molar-refractivity contribution in [1.82, 2.24) is 5.32 Å². The van der Waals surface area contributed by atoms with Crippen LogP contribution in [0, 0.1) is 0 Å². The van der Waals surface area contributed by atoms with Crippen LogP contribution in [0.25, 0.3) is 0 Å². The molecule has 0 radical (unpaired) electrons. The van der Waals surface area contributed by atoms with Gasteiger partial charge in [0.05, 0.1) is 5.54 Å². The first-order valence-electron chi connectivity index (χ1n) is 7.28. The lowest BCUT2D eigenvalue weighted by molar-refractivity contribution is -0.121. The number of rotatable bonds is 4. The minimum Gasteiger partial charge on any atom is -0.324 e. The Bertz CT molecular complexity index is 440. The average molecular weight is 260 g/mol. The van der Waals surface area contributed by atoms with Crippen LogP contribution in [0.15, 0.2) is 18.2 Å². The predicted octanol–water partition coefficient (Wildman–Crippen LogP) is 2.89. The number of benzene rings is 1. The molecule has 3 nitrogen and oxygen atoms in total. The summed E-state index contributed by atoms with van der Waals surface area (Å²) in [6.45, 7) is 7.18. The molecule has 2 N–H and O–H groups in total. The molecule has 1 heterocycles. The molecule has 1 aromatic rings. The van der Waals surface area contributed by atoms with E-state index < -0.39 is 5.54 Å². The monoisotopic (exact) mass is 260 g/mol. The third kappa shape index (κ3) is 2.81. The molecule has 19 heavy (non-hydrogen) atoms. The summed E-state index contributed by atoms with van der Waals surface area (Å²) in [7, 11) is 0. The summed E-state index contributed by atoms with van der Waals surface area (Å²) < 4.78 is 0. The van der Waals surface area contributed by atoms with E-state index in [0.717, 1.165) is 37.9 Å². The number of carbonyl (C=O) groups excluding carboxylic acids is 1. The highest BCUT2D eigenvalue weighted by molar-refractivity contribution is 5.99. The summed E-state index contributed by atoms with van der Waals surface area (Å²) in [4.78, 5) is 12.5. The van der Waals surface area contributed by atoms with Gasteiger partial charge in [0.25, 0.3) is 0 Å². The summed E-state index contributed by atoms with van der Waals surface area (Å²) in [5, 5.41) is 6.48. The van der Waals surface area contributed by atoms with Gasteiger partial charge in [-0.1, -0.05) is 32.0 Å². The molecule has 0 bridgehead atoms. The second-order valence-electron chi connectivity index (χ2n) is 5.47.